The molecule has 1 N–H and O–H groups in total. The third-order valence-electron chi connectivity index (χ3n) is 6.06. The fourth-order valence-corrected chi connectivity index (χ4v) is 4.83. The SMILES string of the molecule is Cc1ccc(-c2cc(-c3ccc(F)cc3)nc(SCC(=O)Nc3ccc(Oc4ccccc4)cc3)c2C#N)cc1. The molecular formula is C33H24FN3O2S. The van der Waals surface area contributed by atoms with E-state index in [0.29, 0.717) is 38.8 Å². The van der Waals surface area contributed by atoms with Crippen LogP contribution in [0.1, 0.15) is 11.1 Å². The average molecular weight is 546 g/mol. The molecule has 1 amide bonds. The van der Waals surface area contributed by atoms with Crippen LogP contribution in [0.2, 0.25) is 0 Å². The number of pyridine rings is 1. The lowest BCUT2D eigenvalue weighted by Gasteiger charge is -2.13. The molecule has 0 radical (unpaired) electrons. The number of hydrogen-bond acceptors (Lipinski definition) is 5. The van der Waals surface area contributed by atoms with E-state index >= 15 is 0 Å². The summed E-state index contributed by atoms with van der Waals surface area (Å²) in [5.74, 6) is 0.843. The van der Waals surface area contributed by atoms with Crippen molar-refractivity contribution in [2.45, 2.75) is 11.9 Å². The van der Waals surface area contributed by atoms with Gasteiger partial charge in [0, 0.05) is 16.8 Å². The van der Waals surface area contributed by atoms with Crippen molar-refractivity contribution in [3.05, 3.63) is 126 Å². The number of ether oxygens (including phenoxy) is 1. The minimum Gasteiger partial charge on any atom is -0.457 e. The van der Waals surface area contributed by atoms with Crippen molar-refractivity contribution in [2.75, 3.05) is 11.1 Å². The van der Waals surface area contributed by atoms with Gasteiger partial charge in [-0.1, -0.05) is 59.8 Å². The number of rotatable bonds is 8. The molecule has 0 saturated heterocycles. The highest BCUT2D eigenvalue weighted by Crippen LogP contribution is 2.34. The highest BCUT2D eigenvalue weighted by Gasteiger charge is 2.17. The number of aryl methyl sites for hydroxylation is 1. The van der Waals surface area contributed by atoms with Gasteiger partial charge in [0.25, 0.3) is 0 Å². The van der Waals surface area contributed by atoms with Crippen molar-refractivity contribution in [3.63, 3.8) is 0 Å². The zero-order valence-corrected chi connectivity index (χ0v) is 22.4. The van der Waals surface area contributed by atoms with Gasteiger partial charge >= 0.3 is 0 Å². The summed E-state index contributed by atoms with van der Waals surface area (Å²) >= 11 is 1.18. The van der Waals surface area contributed by atoms with Crippen LogP contribution in [-0.2, 0) is 4.79 Å². The van der Waals surface area contributed by atoms with Gasteiger partial charge < -0.3 is 10.1 Å². The summed E-state index contributed by atoms with van der Waals surface area (Å²) in [7, 11) is 0. The number of thioether (sulfide) groups is 1. The quantitative estimate of drug-likeness (QED) is 0.199. The number of nitriles is 1. The second-order valence-electron chi connectivity index (χ2n) is 9.00. The largest absolute Gasteiger partial charge is 0.457 e. The maximum Gasteiger partial charge on any atom is 0.234 e. The molecule has 0 aliphatic heterocycles. The molecule has 0 aliphatic carbocycles. The molecule has 1 aromatic heterocycles. The Balaban J connectivity index is 1.35. The molecular weight excluding hydrogens is 521 g/mol. The molecule has 4 aromatic carbocycles. The number of nitrogens with one attached hydrogen (secondary N) is 1. The van der Waals surface area contributed by atoms with Crippen molar-refractivity contribution < 1.29 is 13.9 Å². The summed E-state index contributed by atoms with van der Waals surface area (Å²) < 4.78 is 19.4. The van der Waals surface area contributed by atoms with Crippen molar-refractivity contribution >= 4 is 23.4 Å². The zero-order chi connectivity index (χ0) is 27.9. The number of para-hydroxylation sites is 1. The Labute approximate surface area is 236 Å². The second kappa shape index (κ2) is 12.3. The number of carbonyl (C=O) groups excluding carboxylic acids is 1. The third-order valence-corrected chi connectivity index (χ3v) is 7.03. The van der Waals surface area contributed by atoms with Crippen LogP contribution in [-0.4, -0.2) is 16.6 Å². The van der Waals surface area contributed by atoms with Crippen molar-refractivity contribution in [2.24, 2.45) is 0 Å². The van der Waals surface area contributed by atoms with E-state index in [1.807, 2.05) is 67.6 Å². The number of hydrogen-bond donors (Lipinski definition) is 1. The fourth-order valence-electron chi connectivity index (χ4n) is 4.03. The molecule has 0 saturated carbocycles. The average Bonchev–Trinajstić information content (AvgIpc) is 2.98. The van der Waals surface area contributed by atoms with Gasteiger partial charge in [-0.2, -0.15) is 5.26 Å². The summed E-state index contributed by atoms with van der Waals surface area (Å²) in [5, 5.41) is 13.4. The lowest BCUT2D eigenvalue weighted by Crippen LogP contribution is -2.14. The molecule has 5 rings (SSSR count). The number of halogens is 1. The zero-order valence-electron chi connectivity index (χ0n) is 21.6. The molecule has 5 aromatic rings. The summed E-state index contributed by atoms with van der Waals surface area (Å²) in [5.41, 5.74) is 4.97. The van der Waals surface area contributed by atoms with Crippen LogP contribution in [0.5, 0.6) is 11.5 Å². The van der Waals surface area contributed by atoms with Crippen LogP contribution in [0.4, 0.5) is 10.1 Å². The van der Waals surface area contributed by atoms with Crippen molar-refractivity contribution in [1.82, 2.24) is 4.98 Å². The van der Waals surface area contributed by atoms with Gasteiger partial charge in [-0.05, 0) is 79.2 Å². The van der Waals surface area contributed by atoms with E-state index in [9.17, 15) is 14.4 Å². The molecule has 40 heavy (non-hydrogen) atoms. The van der Waals surface area contributed by atoms with Crippen molar-refractivity contribution in [3.8, 4) is 40.0 Å². The number of nitrogens with zero attached hydrogens (tertiary/aromatic N) is 2. The predicted molar refractivity (Wildman–Crippen MR) is 157 cm³/mol. The summed E-state index contributed by atoms with van der Waals surface area (Å²) in [6.45, 7) is 2.00. The normalized spacial score (nSPS) is 10.5. The summed E-state index contributed by atoms with van der Waals surface area (Å²) in [6, 6.07) is 34.6. The first-order valence-corrected chi connectivity index (χ1v) is 13.5. The van der Waals surface area contributed by atoms with Gasteiger partial charge in [0.2, 0.25) is 5.91 Å². The van der Waals surface area contributed by atoms with Gasteiger partial charge in [-0.15, -0.1) is 0 Å². The van der Waals surface area contributed by atoms with E-state index in [0.717, 1.165) is 16.9 Å². The Kier molecular flexibility index (Phi) is 8.19. The number of carbonyl (C=O) groups is 1. The van der Waals surface area contributed by atoms with E-state index in [1.54, 1.807) is 36.4 Å². The van der Waals surface area contributed by atoms with Gasteiger partial charge in [-0.3, -0.25) is 4.79 Å². The van der Waals surface area contributed by atoms with E-state index < -0.39 is 0 Å². The molecule has 0 unspecified atom stereocenters. The van der Waals surface area contributed by atoms with Crippen LogP contribution in [0, 0.1) is 24.1 Å². The van der Waals surface area contributed by atoms with Crippen LogP contribution in [0.3, 0.4) is 0 Å². The molecule has 196 valence electrons. The van der Waals surface area contributed by atoms with Crippen LogP contribution < -0.4 is 10.1 Å². The van der Waals surface area contributed by atoms with E-state index in [1.165, 1.54) is 23.9 Å². The minimum atomic E-state index is -0.345. The maximum atomic E-state index is 13.6. The minimum absolute atomic E-state index is 0.0458. The number of amides is 1. The van der Waals surface area contributed by atoms with Crippen LogP contribution in [0.15, 0.2) is 114 Å². The van der Waals surface area contributed by atoms with Crippen LogP contribution in [0.25, 0.3) is 22.4 Å². The Bertz CT molecular complexity index is 1670. The topological polar surface area (TPSA) is 75.0 Å². The molecule has 1 heterocycles. The lowest BCUT2D eigenvalue weighted by atomic mass is 9.98. The Hall–Kier alpha value is -4.93. The molecule has 0 fully saturated rings. The Morgan fingerprint density at radius 2 is 1.55 bits per heavy atom. The highest BCUT2D eigenvalue weighted by atomic mass is 32.2. The van der Waals surface area contributed by atoms with Crippen molar-refractivity contribution in [1.29, 1.82) is 5.26 Å². The first-order chi connectivity index (χ1) is 19.5. The Morgan fingerprint density at radius 1 is 0.900 bits per heavy atom. The molecule has 7 heteroatoms. The summed E-state index contributed by atoms with van der Waals surface area (Å²) in [4.78, 5) is 17.5. The number of aromatic nitrogens is 1. The van der Waals surface area contributed by atoms with Gasteiger partial charge in [0.1, 0.15) is 28.4 Å². The summed E-state index contributed by atoms with van der Waals surface area (Å²) in [6.07, 6.45) is 0. The van der Waals surface area contributed by atoms with E-state index in [2.05, 4.69) is 11.4 Å². The third kappa shape index (κ3) is 6.55. The van der Waals surface area contributed by atoms with Gasteiger partial charge in [0.15, 0.2) is 0 Å². The fraction of sp³-hybridized carbons (Fsp3) is 0.0606. The lowest BCUT2D eigenvalue weighted by molar-refractivity contribution is -0.113. The van der Waals surface area contributed by atoms with Crippen LogP contribution >= 0.6 is 11.8 Å². The molecule has 5 nitrogen and oxygen atoms in total. The standard InChI is InChI=1S/C33H24FN3O2S/c1-22-7-9-23(10-8-22)29-19-31(24-11-13-25(34)14-12-24)37-33(30(29)20-35)40-21-32(38)36-26-15-17-28(18-16-26)39-27-5-3-2-4-6-27/h2-19H,21H2,1H3,(H,36,38). The second-order valence-corrected chi connectivity index (χ2v) is 9.96. The first kappa shape index (κ1) is 26.7. The van der Waals surface area contributed by atoms with Gasteiger partial charge in [-0.25, -0.2) is 9.37 Å². The number of anilines is 1. The molecule has 0 spiro atoms. The Morgan fingerprint density at radius 3 is 2.23 bits per heavy atom. The molecule has 0 atom stereocenters. The predicted octanol–water partition coefficient (Wildman–Crippen LogP) is 8.26. The molecule has 0 bridgehead atoms. The maximum absolute atomic E-state index is 13.6. The smallest absolute Gasteiger partial charge is 0.234 e. The highest BCUT2D eigenvalue weighted by molar-refractivity contribution is 8.00. The first-order valence-electron chi connectivity index (χ1n) is 12.5. The monoisotopic (exact) mass is 545 g/mol. The van der Waals surface area contributed by atoms with E-state index in [-0.39, 0.29) is 17.5 Å². The number of benzene rings is 4. The van der Waals surface area contributed by atoms with E-state index in [4.69, 9.17) is 9.72 Å². The molecule has 0 aliphatic rings. The van der Waals surface area contributed by atoms with Gasteiger partial charge in [0.05, 0.1) is 17.0 Å².